The molecule has 39 heavy (non-hydrogen) atoms. The van der Waals surface area contributed by atoms with Gasteiger partial charge < -0.3 is 24.4 Å². The predicted molar refractivity (Wildman–Crippen MR) is 147 cm³/mol. The molecule has 3 aliphatic heterocycles. The van der Waals surface area contributed by atoms with Gasteiger partial charge in [0.1, 0.15) is 24.2 Å². The zero-order valence-electron chi connectivity index (χ0n) is 23.4. The first kappa shape index (κ1) is 29.0. The number of amides is 2. The third kappa shape index (κ3) is 4.61. The third-order valence-corrected chi connectivity index (χ3v) is 8.99. The molecular formula is C31H42N2O6. The molecule has 1 spiro atoms. The predicted octanol–water partition coefficient (Wildman–Crippen LogP) is 3.81. The lowest BCUT2D eigenvalue weighted by Crippen LogP contribution is -2.58. The van der Waals surface area contributed by atoms with Gasteiger partial charge in [-0.05, 0) is 38.2 Å². The summed E-state index contributed by atoms with van der Waals surface area (Å²) in [6.07, 6.45) is 6.38. The van der Waals surface area contributed by atoms with Crippen LogP contribution in [-0.2, 0) is 23.9 Å². The Kier molecular flexibility index (Phi) is 8.66. The molecule has 3 aliphatic rings. The number of carbonyl (C=O) groups is 3. The van der Waals surface area contributed by atoms with Crippen LogP contribution < -0.4 is 0 Å². The fourth-order valence-corrected chi connectivity index (χ4v) is 7.25. The van der Waals surface area contributed by atoms with Crippen molar-refractivity contribution in [3.8, 4) is 0 Å². The Bertz CT molecular complexity index is 1090. The zero-order valence-corrected chi connectivity index (χ0v) is 23.4. The van der Waals surface area contributed by atoms with E-state index >= 15 is 0 Å². The number of hydrogen-bond acceptors (Lipinski definition) is 6. The standard InChI is InChI=1S/C31H42N2O6/c1-6-13-21(5)32(18-7-2)28(36)26-31-17-16-30(9-4,39-31)25(29(37)38-19-8-3)24(31)27(35)33(26)23(20-34)22-14-11-10-12-15-22/h7-8,10-12,14-15,21,23-26,34H,2-3,6,9,13,16-20H2,1,4-5H3/t21?,23-,24+,25-,26?,30+,31?/m1/s1. The molecule has 8 nitrogen and oxygen atoms in total. The van der Waals surface area contributed by atoms with Crippen molar-refractivity contribution in [2.24, 2.45) is 11.8 Å². The molecule has 3 heterocycles. The maximum Gasteiger partial charge on any atom is 0.313 e. The molecule has 3 saturated heterocycles. The van der Waals surface area contributed by atoms with Crippen molar-refractivity contribution in [1.82, 2.24) is 9.80 Å². The highest BCUT2D eigenvalue weighted by Gasteiger charge is 2.79. The summed E-state index contributed by atoms with van der Waals surface area (Å²) in [6.45, 7) is 13.5. The molecule has 0 saturated carbocycles. The number of aliphatic hydroxyl groups excluding tert-OH is 1. The molecule has 3 fully saturated rings. The highest BCUT2D eigenvalue weighted by atomic mass is 16.6. The van der Waals surface area contributed by atoms with Gasteiger partial charge in [0, 0.05) is 12.6 Å². The Balaban J connectivity index is 1.88. The van der Waals surface area contributed by atoms with Crippen molar-refractivity contribution in [3.63, 3.8) is 0 Å². The smallest absolute Gasteiger partial charge is 0.313 e. The average molecular weight is 539 g/mol. The summed E-state index contributed by atoms with van der Waals surface area (Å²) in [5, 5.41) is 10.6. The summed E-state index contributed by atoms with van der Waals surface area (Å²) >= 11 is 0. The molecule has 8 heteroatoms. The fraction of sp³-hybridized carbons (Fsp3) is 0.581. The van der Waals surface area contributed by atoms with Gasteiger partial charge in [-0.2, -0.15) is 0 Å². The van der Waals surface area contributed by atoms with Crippen LogP contribution in [0.15, 0.2) is 55.6 Å². The van der Waals surface area contributed by atoms with E-state index < -0.39 is 41.1 Å². The molecule has 4 rings (SSSR count). The number of esters is 1. The van der Waals surface area contributed by atoms with Crippen molar-refractivity contribution in [1.29, 1.82) is 0 Å². The fourth-order valence-electron chi connectivity index (χ4n) is 7.25. The number of rotatable bonds is 13. The van der Waals surface area contributed by atoms with Gasteiger partial charge in [0.2, 0.25) is 11.8 Å². The van der Waals surface area contributed by atoms with E-state index in [0.29, 0.717) is 31.4 Å². The summed E-state index contributed by atoms with van der Waals surface area (Å²) in [6, 6.07) is 7.34. The van der Waals surface area contributed by atoms with Crippen LogP contribution >= 0.6 is 0 Å². The number of carbonyl (C=O) groups excluding carboxylic acids is 3. The minimum Gasteiger partial charge on any atom is -0.461 e. The molecule has 0 radical (unpaired) electrons. The van der Waals surface area contributed by atoms with Crippen molar-refractivity contribution in [2.45, 2.75) is 82.2 Å². The molecule has 0 aliphatic carbocycles. The van der Waals surface area contributed by atoms with E-state index in [0.717, 1.165) is 12.8 Å². The maximum atomic E-state index is 14.6. The number of likely N-dealkylation sites (tertiary alicyclic amines) is 1. The van der Waals surface area contributed by atoms with E-state index in [1.807, 2.05) is 44.2 Å². The maximum absolute atomic E-state index is 14.6. The number of benzene rings is 1. The highest BCUT2D eigenvalue weighted by molar-refractivity contribution is 5.99. The van der Waals surface area contributed by atoms with Gasteiger partial charge in [-0.25, -0.2) is 0 Å². The van der Waals surface area contributed by atoms with Gasteiger partial charge in [-0.1, -0.05) is 69.3 Å². The molecule has 3 unspecified atom stereocenters. The van der Waals surface area contributed by atoms with Crippen LogP contribution in [0.4, 0.5) is 0 Å². The minimum absolute atomic E-state index is 0.0278. The van der Waals surface area contributed by atoms with Gasteiger partial charge in [-0.15, -0.1) is 6.58 Å². The van der Waals surface area contributed by atoms with Gasteiger partial charge >= 0.3 is 5.97 Å². The molecule has 2 amide bonds. The van der Waals surface area contributed by atoms with E-state index in [4.69, 9.17) is 9.47 Å². The first-order valence-electron chi connectivity index (χ1n) is 14.1. The van der Waals surface area contributed by atoms with E-state index in [1.165, 1.54) is 11.0 Å². The van der Waals surface area contributed by atoms with Gasteiger partial charge in [0.25, 0.3) is 0 Å². The monoisotopic (exact) mass is 538 g/mol. The van der Waals surface area contributed by atoms with E-state index in [-0.39, 0.29) is 31.1 Å². The molecule has 1 aromatic carbocycles. The molecule has 1 aromatic rings. The summed E-state index contributed by atoms with van der Waals surface area (Å²) in [4.78, 5) is 45.9. The van der Waals surface area contributed by atoms with Crippen molar-refractivity contribution in [2.75, 3.05) is 19.8 Å². The van der Waals surface area contributed by atoms with Crippen LogP contribution in [0.25, 0.3) is 0 Å². The number of aliphatic hydroxyl groups is 1. The summed E-state index contributed by atoms with van der Waals surface area (Å²) in [7, 11) is 0. The molecule has 2 bridgehead atoms. The Hall–Kier alpha value is -2.97. The molecular weight excluding hydrogens is 496 g/mol. The Morgan fingerprint density at radius 3 is 2.54 bits per heavy atom. The first-order valence-corrected chi connectivity index (χ1v) is 14.1. The third-order valence-electron chi connectivity index (χ3n) is 8.99. The van der Waals surface area contributed by atoms with Crippen molar-refractivity contribution in [3.05, 3.63) is 61.2 Å². The molecule has 7 atom stereocenters. The van der Waals surface area contributed by atoms with Crippen molar-refractivity contribution >= 4 is 17.8 Å². The van der Waals surface area contributed by atoms with E-state index in [2.05, 4.69) is 20.1 Å². The molecule has 0 aromatic heterocycles. The van der Waals surface area contributed by atoms with Gasteiger partial charge in [0.05, 0.1) is 24.2 Å². The molecule has 1 N–H and O–H groups in total. The summed E-state index contributed by atoms with van der Waals surface area (Å²) in [5.74, 6) is -2.84. The Labute approximate surface area is 231 Å². The second kappa shape index (κ2) is 11.6. The Morgan fingerprint density at radius 2 is 1.95 bits per heavy atom. The van der Waals surface area contributed by atoms with Crippen LogP contribution in [0.1, 0.15) is 64.5 Å². The highest BCUT2D eigenvalue weighted by Crippen LogP contribution is 2.65. The summed E-state index contributed by atoms with van der Waals surface area (Å²) < 4.78 is 12.3. The Morgan fingerprint density at radius 1 is 1.23 bits per heavy atom. The number of ether oxygens (including phenoxy) is 2. The number of nitrogens with zero attached hydrogens (tertiary/aromatic N) is 2. The van der Waals surface area contributed by atoms with Crippen LogP contribution in [-0.4, -0.2) is 75.7 Å². The van der Waals surface area contributed by atoms with Crippen LogP contribution in [0.2, 0.25) is 0 Å². The van der Waals surface area contributed by atoms with E-state index in [9.17, 15) is 19.5 Å². The van der Waals surface area contributed by atoms with Gasteiger partial charge in [0.15, 0.2) is 0 Å². The van der Waals surface area contributed by atoms with E-state index in [1.54, 1.807) is 11.0 Å². The average Bonchev–Trinajstić information content (AvgIpc) is 3.55. The number of hydrogen-bond donors (Lipinski definition) is 1. The van der Waals surface area contributed by atoms with Crippen LogP contribution in [0.3, 0.4) is 0 Å². The number of fused-ring (bicyclic) bond motifs is 1. The first-order chi connectivity index (χ1) is 18.8. The zero-order chi connectivity index (χ0) is 28.4. The lowest BCUT2D eigenvalue weighted by atomic mass is 9.65. The normalized spacial score (nSPS) is 30.5. The lowest BCUT2D eigenvalue weighted by molar-refractivity contribution is -0.163. The molecule has 212 valence electrons. The minimum atomic E-state index is -1.20. The SMILES string of the molecule is C=CCOC(=O)[C@H]1[C@H]2C(=O)N([C@H](CO)c3ccccc3)C(C(=O)N(CC=C)C(C)CCC)C23CC[C@]1(CC)O3. The second-order valence-electron chi connectivity index (χ2n) is 11.0. The van der Waals surface area contributed by atoms with Crippen molar-refractivity contribution < 1.29 is 29.0 Å². The second-order valence-corrected chi connectivity index (χ2v) is 11.0. The quantitative estimate of drug-likeness (QED) is 0.303. The summed E-state index contributed by atoms with van der Waals surface area (Å²) in [5.41, 5.74) is -1.37. The topological polar surface area (TPSA) is 96.4 Å². The van der Waals surface area contributed by atoms with Crippen LogP contribution in [0, 0.1) is 11.8 Å². The lowest BCUT2D eigenvalue weighted by Gasteiger charge is -2.41. The van der Waals surface area contributed by atoms with Gasteiger partial charge in [-0.3, -0.25) is 14.4 Å². The largest absolute Gasteiger partial charge is 0.461 e. The van der Waals surface area contributed by atoms with Crippen LogP contribution in [0.5, 0.6) is 0 Å².